The van der Waals surface area contributed by atoms with Crippen LogP contribution >= 0.6 is 0 Å². The Labute approximate surface area is 107 Å². The van der Waals surface area contributed by atoms with Crippen molar-refractivity contribution in [2.24, 2.45) is 17.6 Å². The molecule has 4 atom stereocenters. The fourth-order valence-corrected chi connectivity index (χ4v) is 3.94. The maximum absolute atomic E-state index is 5.95. The highest BCUT2D eigenvalue weighted by molar-refractivity contribution is 4.85. The first-order valence-electron chi connectivity index (χ1n) is 7.68. The summed E-state index contributed by atoms with van der Waals surface area (Å²) in [6.07, 6.45) is 9.83. The van der Waals surface area contributed by atoms with Crippen LogP contribution in [0, 0.1) is 11.8 Å². The van der Waals surface area contributed by atoms with Crippen molar-refractivity contribution in [1.29, 1.82) is 0 Å². The van der Waals surface area contributed by atoms with Crippen LogP contribution in [0.1, 0.15) is 58.8 Å². The number of hydrogen-bond acceptors (Lipinski definition) is 2. The molecule has 100 valence electrons. The van der Waals surface area contributed by atoms with E-state index in [9.17, 15) is 0 Å². The molecule has 0 bridgehead atoms. The van der Waals surface area contributed by atoms with Crippen molar-refractivity contribution in [2.45, 2.75) is 70.9 Å². The largest absolute Gasteiger partial charge is 0.330 e. The summed E-state index contributed by atoms with van der Waals surface area (Å²) < 4.78 is 0. The third kappa shape index (κ3) is 3.23. The van der Waals surface area contributed by atoms with Gasteiger partial charge in [-0.25, -0.2) is 0 Å². The van der Waals surface area contributed by atoms with Crippen LogP contribution in [0.5, 0.6) is 0 Å². The van der Waals surface area contributed by atoms with E-state index in [0.29, 0.717) is 0 Å². The van der Waals surface area contributed by atoms with E-state index in [0.717, 1.165) is 30.5 Å². The Kier molecular flexibility index (Phi) is 4.87. The lowest BCUT2D eigenvalue weighted by molar-refractivity contribution is 0.0596. The van der Waals surface area contributed by atoms with E-state index in [4.69, 9.17) is 5.73 Å². The Hall–Kier alpha value is -0.0800. The van der Waals surface area contributed by atoms with E-state index in [1.54, 1.807) is 0 Å². The molecule has 17 heavy (non-hydrogen) atoms. The Morgan fingerprint density at radius 1 is 0.882 bits per heavy atom. The molecule has 1 saturated heterocycles. The van der Waals surface area contributed by atoms with E-state index < -0.39 is 0 Å². The summed E-state index contributed by atoms with van der Waals surface area (Å²) in [5, 5.41) is 0. The highest BCUT2D eigenvalue weighted by Gasteiger charge is 2.31. The van der Waals surface area contributed by atoms with Crippen LogP contribution in [0.3, 0.4) is 0 Å². The van der Waals surface area contributed by atoms with Crippen LogP contribution in [-0.4, -0.2) is 30.1 Å². The van der Waals surface area contributed by atoms with Gasteiger partial charge in [0.25, 0.3) is 0 Å². The molecule has 0 radical (unpaired) electrons. The first-order chi connectivity index (χ1) is 8.22. The maximum Gasteiger partial charge on any atom is 0.00698 e. The average molecular weight is 238 g/mol. The topological polar surface area (TPSA) is 29.3 Å². The summed E-state index contributed by atoms with van der Waals surface area (Å²) in [5.41, 5.74) is 5.95. The number of likely N-dealkylation sites (tertiary alicyclic amines) is 1. The van der Waals surface area contributed by atoms with Gasteiger partial charge in [-0.2, -0.15) is 0 Å². The lowest BCUT2D eigenvalue weighted by Crippen LogP contribution is -2.48. The Balaban J connectivity index is 1.93. The van der Waals surface area contributed by atoms with Crippen molar-refractivity contribution < 1.29 is 0 Å². The number of rotatable bonds is 3. The molecule has 2 unspecified atom stereocenters. The van der Waals surface area contributed by atoms with E-state index >= 15 is 0 Å². The molecule has 2 aliphatic rings. The molecule has 1 heterocycles. The molecular weight excluding hydrogens is 208 g/mol. The van der Waals surface area contributed by atoms with Crippen molar-refractivity contribution in [1.82, 2.24) is 4.90 Å². The second-order valence-corrected chi connectivity index (χ2v) is 6.37. The zero-order valence-electron chi connectivity index (χ0n) is 11.7. The second-order valence-electron chi connectivity index (χ2n) is 6.37. The first-order valence-corrected chi connectivity index (χ1v) is 7.68. The molecule has 2 heteroatoms. The van der Waals surface area contributed by atoms with Gasteiger partial charge in [-0.1, -0.05) is 19.3 Å². The molecule has 0 spiro atoms. The third-order valence-corrected chi connectivity index (χ3v) is 5.19. The number of nitrogens with zero attached hydrogens (tertiary/aromatic N) is 1. The minimum atomic E-state index is 0.791. The molecule has 0 aromatic heterocycles. The van der Waals surface area contributed by atoms with Crippen molar-refractivity contribution in [3.05, 3.63) is 0 Å². The van der Waals surface area contributed by atoms with Crippen LogP contribution < -0.4 is 5.73 Å². The number of nitrogens with two attached hydrogens (primary N) is 1. The molecule has 2 nitrogen and oxygen atoms in total. The standard InChI is InChI=1S/C15H30N2/c1-12-6-5-7-13(2)17(12)11-15-9-4-3-8-14(15)10-16/h12-15H,3-11,16H2,1-2H3/t12-,13+,14?,15?. The Morgan fingerprint density at radius 2 is 1.47 bits per heavy atom. The molecule has 1 saturated carbocycles. The zero-order chi connectivity index (χ0) is 12.3. The summed E-state index contributed by atoms with van der Waals surface area (Å²) in [6.45, 7) is 7.04. The fraction of sp³-hybridized carbons (Fsp3) is 1.00. The highest BCUT2D eigenvalue weighted by atomic mass is 15.2. The number of piperidine rings is 1. The fourth-order valence-electron chi connectivity index (χ4n) is 3.94. The van der Waals surface area contributed by atoms with Crippen LogP contribution in [-0.2, 0) is 0 Å². The Bertz CT molecular complexity index is 219. The minimum Gasteiger partial charge on any atom is -0.330 e. The second kappa shape index (κ2) is 6.19. The van der Waals surface area contributed by atoms with Gasteiger partial charge in [0.1, 0.15) is 0 Å². The molecule has 1 aliphatic carbocycles. The van der Waals surface area contributed by atoms with Crippen LogP contribution in [0.4, 0.5) is 0 Å². The quantitative estimate of drug-likeness (QED) is 0.819. The van der Waals surface area contributed by atoms with Crippen molar-refractivity contribution in [2.75, 3.05) is 13.1 Å². The third-order valence-electron chi connectivity index (χ3n) is 5.19. The van der Waals surface area contributed by atoms with E-state index in [1.165, 1.54) is 51.5 Å². The molecule has 0 aromatic rings. The van der Waals surface area contributed by atoms with Gasteiger partial charge in [-0.05, 0) is 57.9 Å². The molecule has 2 rings (SSSR count). The molecular formula is C15H30N2. The van der Waals surface area contributed by atoms with Crippen LogP contribution in [0.15, 0.2) is 0 Å². The smallest absolute Gasteiger partial charge is 0.00698 e. The maximum atomic E-state index is 5.95. The monoisotopic (exact) mass is 238 g/mol. The predicted octanol–water partition coefficient (Wildman–Crippen LogP) is 3.01. The van der Waals surface area contributed by atoms with Crippen LogP contribution in [0.25, 0.3) is 0 Å². The molecule has 0 aromatic carbocycles. The van der Waals surface area contributed by atoms with Gasteiger partial charge < -0.3 is 5.73 Å². The molecule has 0 amide bonds. The average Bonchev–Trinajstić information content (AvgIpc) is 2.34. The van der Waals surface area contributed by atoms with Gasteiger partial charge in [0.2, 0.25) is 0 Å². The lowest BCUT2D eigenvalue weighted by atomic mass is 9.78. The molecule has 2 N–H and O–H groups in total. The van der Waals surface area contributed by atoms with Gasteiger partial charge in [0, 0.05) is 18.6 Å². The van der Waals surface area contributed by atoms with Gasteiger partial charge in [-0.15, -0.1) is 0 Å². The zero-order valence-corrected chi connectivity index (χ0v) is 11.7. The summed E-state index contributed by atoms with van der Waals surface area (Å²) in [4.78, 5) is 2.77. The summed E-state index contributed by atoms with van der Waals surface area (Å²) in [5.74, 6) is 1.67. The molecule has 2 fully saturated rings. The van der Waals surface area contributed by atoms with Crippen molar-refractivity contribution in [3.8, 4) is 0 Å². The van der Waals surface area contributed by atoms with Gasteiger partial charge in [-0.3, -0.25) is 4.90 Å². The van der Waals surface area contributed by atoms with Gasteiger partial charge in [0.05, 0.1) is 0 Å². The van der Waals surface area contributed by atoms with Gasteiger partial charge >= 0.3 is 0 Å². The lowest BCUT2D eigenvalue weighted by Gasteiger charge is -2.43. The summed E-state index contributed by atoms with van der Waals surface area (Å²) >= 11 is 0. The summed E-state index contributed by atoms with van der Waals surface area (Å²) in [7, 11) is 0. The minimum absolute atomic E-state index is 0.791. The normalized spacial score (nSPS) is 40.4. The summed E-state index contributed by atoms with van der Waals surface area (Å²) in [6, 6.07) is 1.58. The predicted molar refractivity (Wildman–Crippen MR) is 74.0 cm³/mol. The Morgan fingerprint density at radius 3 is 2.06 bits per heavy atom. The van der Waals surface area contributed by atoms with E-state index in [1.807, 2.05) is 0 Å². The number of hydrogen-bond donors (Lipinski definition) is 1. The molecule has 1 aliphatic heterocycles. The van der Waals surface area contributed by atoms with Gasteiger partial charge in [0.15, 0.2) is 0 Å². The first kappa shape index (κ1) is 13.4. The van der Waals surface area contributed by atoms with Crippen molar-refractivity contribution >= 4 is 0 Å². The van der Waals surface area contributed by atoms with E-state index in [-0.39, 0.29) is 0 Å². The van der Waals surface area contributed by atoms with Crippen molar-refractivity contribution in [3.63, 3.8) is 0 Å². The SMILES string of the molecule is C[C@@H]1CCC[C@H](C)N1CC1CCCCC1CN. The van der Waals surface area contributed by atoms with Crippen LogP contribution in [0.2, 0.25) is 0 Å². The highest BCUT2D eigenvalue weighted by Crippen LogP contribution is 2.32. The van der Waals surface area contributed by atoms with E-state index in [2.05, 4.69) is 18.7 Å².